The van der Waals surface area contributed by atoms with Gasteiger partial charge in [0.1, 0.15) is 0 Å². The summed E-state index contributed by atoms with van der Waals surface area (Å²) in [6.45, 7) is 5.34. The average Bonchev–Trinajstić information content (AvgIpc) is 2.83. The predicted molar refractivity (Wildman–Crippen MR) is 122 cm³/mol. The Morgan fingerprint density at radius 1 is 1.16 bits per heavy atom. The quantitative estimate of drug-likeness (QED) is 0.584. The molecule has 0 bridgehead atoms. The standard InChI is InChI=1S/C22H33N3O6S/c1-3-4-15-32(28,29)25-9-7-17(8-10-25)21(26)23-20-6-5-18(16-19(20)22(27)30-2)24-11-13-31-14-12-24/h5-6,16-17H,3-4,7-15H2,1-2H3,(H,23,26). The molecule has 3 rings (SSSR count). The molecule has 0 aliphatic carbocycles. The Kier molecular flexibility index (Phi) is 8.50. The lowest BCUT2D eigenvalue weighted by Gasteiger charge is -2.31. The lowest BCUT2D eigenvalue weighted by molar-refractivity contribution is -0.120. The van der Waals surface area contributed by atoms with E-state index in [9.17, 15) is 18.0 Å². The Morgan fingerprint density at radius 3 is 2.47 bits per heavy atom. The first kappa shape index (κ1) is 24.5. The Morgan fingerprint density at radius 2 is 1.84 bits per heavy atom. The van der Waals surface area contributed by atoms with Crippen LogP contribution >= 0.6 is 0 Å². The first-order chi connectivity index (χ1) is 15.4. The second-order valence-corrected chi connectivity index (χ2v) is 10.2. The van der Waals surface area contributed by atoms with Crippen molar-refractivity contribution in [1.29, 1.82) is 0 Å². The molecule has 0 atom stereocenters. The van der Waals surface area contributed by atoms with Gasteiger partial charge in [0.2, 0.25) is 15.9 Å². The van der Waals surface area contributed by atoms with E-state index < -0.39 is 16.0 Å². The number of nitrogens with zero attached hydrogens (tertiary/aromatic N) is 2. The van der Waals surface area contributed by atoms with E-state index in [-0.39, 0.29) is 17.6 Å². The largest absolute Gasteiger partial charge is 0.465 e. The molecule has 0 spiro atoms. The highest BCUT2D eigenvalue weighted by atomic mass is 32.2. The van der Waals surface area contributed by atoms with Crippen molar-refractivity contribution in [1.82, 2.24) is 4.31 Å². The van der Waals surface area contributed by atoms with E-state index in [1.165, 1.54) is 11.4 Å². The maximum atomic E-state index is 12.9. The number of piperidine rings is 1. The number of anilines is 2. The molecule has 178 valence electrons. The Bertz CT molecular complexity index is 906. The third-order valence-electron chi connectivity index (χ3n) is 6.02. The summed E-state index contributed by atoms with van der Waals surface area (Å²) < 4.78 is 36.6. The number of sulfonamides is 1. The maximum absolute atomic E-state index is 12.9. The molecule has 2 aliphatic rings. The van der Waals surface area contributed by atoms with Crippen LogP contribution in [0.3, 0.4) is 0 Å². The Balaban J connectivity index is 1.66. The molecule has 2 saturated heterocycles. The smallest absolute Gasteiger partial charge is 0.340 e. The minimum Gasteiger partial charge on any atom is -0.465 e. The maximum Gasteiger partial charge on any atom is 0.340 e. The molecule has 10 heteroatoms. The van der Waals surface area contributed by atoms with Crippen LogP contribution in [-0.2, 0) is 24.3 Å². The van der Waals surface area contributed by atoms with Gasteiger partial charge in [-0.05, 0) is 37.5 Å². The molecule has 0 aromatic heterocycles. The zero-order valence-corrected chi connectivity index (χ0v) is 19.7. The van der Waals surface area contributed by atoms with Crippen molar-refractivity contribution in [2.75, 3.05) is 62.5 Å². The van der Waals surface area contributed by atoms with Gasteiger partial charge in [-0.2, -0.15) is 0 Å². The van der Waals surface area contributed by atoms with Gasteiger partial charge in [-0.1, -0.05) is 13.3 Å². The van der Waals surface area contributed by atoms with Crippen molar-refractivity contribution < 1.29 is 27.5 Å². The van der Waals surface area contributed by atoms with Crippen molar-refractivity contribution in [2.24, 2.45) is 5.92 Å². The number of hydrogen-bond acceptors (Lipinski definition) is 7. The monoisotopic (exact) mass is 467 g/mol. The Labute approximate surface area is 190 Å². The van der Waals surface area contributed by atoms with E-state index in [1.807, 2.05) is 13.0 Å². The summed E-state index contributed by atoms with van der Waals surface area (Å²) in [6.07, 6.45) is 2.37. The van der Waals surface area contributed by atoms with Crippen molar-refractivity contribution >= 4 is 33.3 Å². The lowest BCUT2D eigenvalue weighted by Crippen LogP contribution is -2.42. The van der Waals surface area contributed by atoms with Crippen molar-refractivity contribution in [3.63, 3.8) is 0 Å². The van der Waals surface area contributed by atoms with Gasteiger partial charge in [-0.25, -0.2) is 17.5 Å². The van der Waals surface area contributed by atoms with Gasteiger partial charge in [0.05, 0.1) is 37.3 Å². The summed E-state index contributed by atoms with van der Waals surface area (Å²) in [5.41, 5.74) is 1.57. The molecule has 1 N–H and O–H groups in total. The third kappa shape index (κ3) is 5.99. The van der Waals surface area contributed by atoms with Crippen LogP contribution in [0.15, 0.2) is 18.2 Å². The fraction of sp³-hybridized carbons (Fsp3) is 0.636. The summed E-state index contributed by atoms with van der Waals surface area (Å²) in [6, 6.07) is 5.32. The molecule has 1 amide bonds. The van der Waals surface area contributed by atoms with Crippen LogP contribution < -0.4 is 10.2 Å². The van der Waals surface area contributed by atoms with Gasteiger partial charge in [-0.15, -0.1) is 0 Å². The molecule has 2 fully saturated rings. The van der Waals surface area contributed by atoms with E-state index in [0.717, 1.165) is 25.2 Å². The highest BCUT2D eigenvalue weighted by molar-refractivity contribution is 7.89. The summed E-state index contributed by atoms with van der Waals surface area (Å²) in [5, 5.41) is 2.86. The van der Waals surface area contributed by atoms with Crippen molar-refractivity contribution in [3.05, 3.63) is 23.8 Å². The molecule has 0 saturated carbocycles. The van der Waals surface area contributed by atoms with Gasteiger partial charge in [0.15, 0.2) is 0 Å². The second-order valence-electron chi connectivity index (χ2n) is 8.15. The molecule has 2 aliphatic heterocycles. The molecular formula is C22H33N3O6S. The SMILES string of the molecule is CCCCS(=O)(=O)N1CCC(C(=O)Nc2ccc(N3CCOCC3)cc2C(=O)OC)CC1. The first-order valence-corrected chi connectivity index (χ1v) is 12.8. The third-order valence-corrected chi connectivity index (χ3v) is 7.97. The number of benzene rings is 1. The minimum absolute atomic E-state index is 0.151. The fourth-order valence-electron chi connectivity index (χ4n) is 4.03. The van der Waals surface area contributed by atoms with E-state index in [0.29, 0.717) is 56.8 Å². The summed E-state index contributed by atoms with van der Waals surface area (Å²) in [4.78, 5) is 27.4. The number of esters is 1. The summed E-state index contributed by atoms with van der Waals surface area (Å²) in [7, 11) is -1.95. The molecule has 0 radical (unpaired) electrons. The van der Waals surface area contributed by atoms with Crippen LogP contribution in [0, 0.1) is 5.92 Å². The molecular weight excluding hydrogens is 434 g/mol. The van der Waals surface area contributed by atoms with Crippen LogP contribution in [0.1, 0.15) is 43.0 Å². The number of carbonyl (C=O) groups excluding carboxylic acids is 2. The lowest BCUT2D eigenvalue weighted by atomic mass is 9.97. The van der Waals surface area contributed by atoms with Crippen molar-refractivity contribution in [2.45, 2.75) is 32.6 Å². The molecule has 0 unspecified atom stereocenters. The highest BCUT2D eigenvalue weighted by Gasteiger charge is 2.31. The normalized spacial score (nSPS) is 18.4. The number of morpholine rings is 1. The van der Waals surface area contributed by atoms with E-state index in [2.05, 4.69) is 10.2 Å². The Hall–Kier alpha value is -2.17. The average molecular weight is 468 g/mol. The van der Waals surface area contributed by atoms with Crippen LogP contribution in [-0.4, -0.2) is 76.9 Å². The number of nitrogens with one attached hydrogen (secondary N) is 1. The predicted octanol–water partition coefficient (Wildman–Crippen LogP) is 2.09. The van der Waals surface area contributed by atoms with Crippen LogP contribution in [0.5, 0.6) is 0 Å². The summed E-state index contributed by atoms with van der Waals surface area (Å²) >= 11 is 0. The van der Waals surface area contributed by atoms with Gasteiger partial charge in [0, 0.05) is 37.8 Å². The van der Waals surface area contributed by atoms with Crippen LogP contribution in [0.4, 0.5) is 11.4 Å². The number of carbonyl (C=O) groups is 2. The number of methoxy groups -OCH3 is 1. The number of rotatable bonds is 8. The summed E-state index contributed by atoms with van der Waals surface area (Å²) in [5.74, 6) is -0.887. The van der Waals surface area contributed by atoms with Crippen LogP contribution in [0.2, 0.25) is 0 Å². The zero-order chi connectivity index (χ0) is 23.1. The topological polar surface area (TPSA) is 105 Å². The van der Waals surface area contributed by atoms with Crippen LogP contribution in [0.25, 0.3) is 0 Å². The molecule has 1 aromatic rings. The first-order valence-electron chi connectivity index (χ1n) is 11.2. The molecule has 9 nitrogen and oxygen atoms in total. The number of unbranched alkanes of at least 4 members (excludes halogenated alkanes) is 1. The van der Waals surface area contributed by atoms with Gasteiger partial charge in [0.25, 0.3) is 0 Å². The van der Waals surface area contributed by atoms with E-state index in [1.54, 1.807) is 12.1 Å². The fourth-order valence-corrected chi connectivity index (χ4v) is 5.70. The molecule has 32 heavy (non-hydrogen) atoms. The minimum atomic E-state index is -3.26. The van der Waals surface area contributed by atoms with E-state index in [4.69, 9.17) is 9.47 Å². The highest BCUT2D eigenvalue weighted by Crippen LogP contribution is 2.27. The number of ether oxygens (including phenoxy) is 2. The van der Waals surface area contributed by atoms with Gasteiger partial charge < -0.3 is 19.7 Å². The number of hydrogen-bond donors (Lipinski definition) is 1. The van der Waals surface area contributed by atoms with Crippen molar-refractivity contribution in [3.8, 4) is 0 Å². The molecule has 2 heterocycles. The zero-order valence-electron chi connectivity index (χ0n) is 18.8. The van der Waals surface area contributed by atoms with E-state index >= 15 is 0 Å². The second kappa shape index (κ2) is 11.1. The molecule has 1 aromatic carbocycles. The van der Waals surface area contributed by atoms with Gasteiger partial charge in [-0.3, -0.25) is 4.79 Å². The van der Waals surface area contributed by atoms with Gasteiger partial charge >= 0.3 is 5.97 Å². The number of amides is 1.